The predicted molar refractivity (Wildman–Crippen MR) is 78.9 cm³/mol. The van der Waals surface area contributed by atoms with Crippen LogP contribution in [0.1, 0.15) is 38.2 Å². The van der Waals surface area contributed by atoms with Crippen molar-refractivity contribution in [2.75, 3.05) is 11.9 Å². The molecule has 0 heterocycles. The van der Waals surface area contributed by atoms with Gasteiger partial charge in [0.25, 0.3) is 5.69 Å². The molecule has 0 bridgehead atoms. The fraction of sp³-hybridized carbons (Fsp3) is 0.600. The van der Waals surface area contributed by atoms with Crippen LogP contribution in [0.4, 0.5) is 11.4 Å². The summed E-state index contributed by atoms with van der Waals surface area (Å²) in [4.78, 5) is 10.4. The van der Waals surface area contributed by atoms with Crippen molar-refractivity contribution in [2.45, 2.75) is 45.1 Å². The summed E-state index contributed by atoms with van der Waals surface area (Å²) in [6.07, 6.45) is 3.78. The lowest BCUT2D eigenvalue weighted by atomic mass is 9.79. The Hall–Kier alpha value is -1.62. The van der Waals surface area contributed by atoms with Gasteiger partial charge in [0.15, 0.2) is 0 Å². The topological polar surface area (TPSA) is 75.4 Å². The maximum absolute atomic E-state index is 10.8. The molecule has 0 aliphatic heterocycles. The molecule has 2 rings (SSSR count). The molecular weight excluding hydrogens is 256 g/mol. The van der Waals surface area contributed by atoms with Crippen LogP contribution in [0.15, 0.2) is 18.2 Å². The lowest BCUT2D eigenvalue weighted by molar-refractivity contribution is -0.384. The molecule has 0 radical (unpaired) electrons. The van der Waals surface area contributed by atoms with E-state index >= 15 is 0 Å². The van der Waals surface area contributed by atoms with Crippen molar-refractivity contribution >= 4 is 11.4 Å². The Labute approximate surface area is 119 Å². The van der Waals surface area contributed by atoms with Crippen molar-refractivity contribution in [2.24, 2.45) is 5.92 Å². The number of non-ortho nitro benzene ring substituents is 1. The van der Waals surface area contributed by atoms with Gasteiger partial charge in [-0.25, -0.2) is 0 Å². The van der Waals surface area contributed by atoms with Gasteiger partial charge in [0.2, 0.25) is 0 Å². The monoisotopic (exact) mass is 278 g/mol. The highest BCUT2D eigenvalue weighted by Gasteiger charge is 2.32. The SMILES string of the molecule is Cc1ccc([N+](=O)[O-])cc1NCC1(O)CCCC(C)C1. The Morgan fingerprint density at radius 3 is 2.95 bits per heavy atom. The minimum absolute atomic E-state index is 0.0714. The van der Waals surface area contributed by atoms with E-state index in [1.165, 1.54) is 12.1 Å². The number of nitrogens with one attached hydrogen (secondary N) is 1. The number of nitro groups is 1. The Morgan fingerprint density at radius 1 is 1.55 bits per heavy atom. The third-order valence-corrected chi connectivity index (χ3v) is 4.11. The first kappa shape index (κ1) is 14.8. The highest BCUT2D eigenvalue weighted by Crippen LogP contribution is 2.33. The fourth-order valence-electron chi connectivity index (χ4n) is 2.97. The smallest absolute Gasteiger partial charge is 0.271 e. The molecule has 5 heteroatoms. The Balaban J connectivity index is 2.06. The van der Waals surface area contributed by atoms with E-state index in [1.54, 1.807) is 6.07 Å². The summed E-state index contributed by atoms with van der Waals surface area (Å²) in [5.41, 5.74) is 1.05. The summed E-state index contributed by atoms with van der Waals surface area (Å²) >= 11 is 0. The Kier molecular flexibility index (Phi) is 4.28. The molecule has 1 aromatic rings. The summed E-state index contributed by atoms with van der Waals surface area (Å²) in [5, 5.41) is 24.6. The quantitative estimate of drug-likeness (QED) is 0.654. The molecule has 2 atom stereocenters. The molecule has 0 aromatic heterocycles. The molecule has 1 aromatic carbocycles. The first-order valence-electron chi connectivity index (χ1n) is 7.11. The van der Waals surface area contributed by atoms with Crippen molar-refractivity contribution in [1.29, 1.82) is 0 Å². The number of rotatable bonds is 4. The largest absolute Gasteiger partial charge is 0.388 e. The van der Waals surface area contributed by atoms with Crippen LogP contribution < -0.4 is 5.32 Å². The molecule has 0 amide bonds. The van der Waals surface area contributed by atoms with Gasteiger partial charge in [-0.05, 0) is 31.2 Å². The van der Waals surface area contributed by atoms with E-state index < -0.39 is 10.5 Å². The average Bonchev–Trinajstić information content (AvgIpc) is 2.37. The van der Waals surface area contributed by atoms with Gasteiger partial charge in [-0.2, -0.15) is 0 Å². The minimum atomic E-state index is -0.700. The number of benzene rings is 1. The maximum Gasteiger partial charge on any atom is 0.271 e. The standard InChI is InChI=1S/C15H22N2O3/c1-11-4-3-7-15(18,9-11)10-16-14-8-13(17(19)20)6-5-12(14)2/h5-6,8,11,16,18H,3-4,7,9-10H2,1-2H3. The summed E-state index contributed by atoms with van der Waals surface area (Å²) < 4.78 is 0. The highest BCUT2D eigenvalue weighted by molar-refractivity contribution is 5.56. The molecular formula is C15H22N2O3. The van der Waals surface area contributed by atoms with Crippen LogP contribution in [0.5, 0.6) is 0 Å². The van der Waals surface area contributed by atoms with Gasteiger partial charge in [-0.15, -0.1) is 0 Å². The molecule has 1 saturated carbocycles. The van der Waals surface area contributed by atoms with E-state index in [4.69, 9.17) is 0 Å². The van der Waals surface area contributed by atoms with E-state index in [1.807, 2.05) is 6.92 Å². The molecule has 0 spiro atoms. The van der Waals surface area contributed by atoms with Crippen LogP contribution in [-0.4, -0.2) is 22.2 Å². The lowest BCUT2D eigenvalue weighted by Gasteiger charge is -2.36. The average molecular weight is 278 g/mol. The lowest BCUT2D eigenvalue weighted by Crippen LogP contribution is -2.41. The van der Waals surface area contributed by atoms with Gasteiger partial charge in [0.05, 0.1) is 10.5 Å². The van der Waals surface area contributed by atoms with Gasteiger partial charge in [0.1, 0.15) is 0 Å². The molecule has 20 heavy (non-hydrogen) atoms. The third kappa shape index (κ3) is 3.48. The van der Waals surface area contributed by atoms with Crippen LogP contribution in [0.2, 0.25) is 0 Å². The zero-order valence-corrected chi connectivity index (χ0v) is 12.1. The normalized spacial score (nSPS) is 26.2. The minimum Gasteiger partial charge on any atom is -0.388 e. The number of aryl methyl sites for hydroxylation is 1. The summed E-state index contributed by atoms with van der Waals surface area (Å²) in [6, 6.07) is 4.76. The number of hydrogen-bond donors (Lipinski definition) is 2. The van der Waals surface area contributed by atoms with E-state index in [2.05, 4.69) is 12.2 Å². The van der Waals surface area contributed by atoms with Crippen molar-refractivity contribution < 1.29 is 10.0 Å². The predicted octanol–water partition coefficient (Wildman–Crippen LogP) is 3.26. The van der Waals surface area contributed by atoms with Crippen LogP contribution in [-0.2, 0) is 0 Å². The Bertz CT molecular complexity index is 504. The zero-order valence-electron chi connectivity index (χ0n) is 12.1. The molecule has 2 N–H and O–H groups in total. The molecule has 0 saturated heterocycles. The van der Waals surface area contributed by atoms with Gasteiger partial charge >= 0.3 is 0 Å². The highest BCUT2D eigenvalue weighted by atomic mass is 16.6. The van der Waals surface area contributed by atoms with Crippen LogP contribution in [0.25, 0.3) is 0 Å². The molecule has 2 unspecified atom stereocenters. The molecule has 110 valence electrons. The van der Waals surface area contributed by atoms with E-state index in [0.29, 0.717) is 12.5 Å². The van der Waals surface area contributed by atoms with E-state index in [-0.39, 0.29) is 5.69 Å². The third-order valence-electron chi connectivity index (χ3n) is 4.11. The number of anilines is 1. The van der Waals surface area contributed by atoms with Crippen LogP contribution in [0, 0.1) is 23.0 Å². The molecule has 5 nitrogen and oxygen atoms in total. The summed E-state index contributed by atoms with van der Waals surface area (Å²) in [6.45, 7) is 4.50. The van der Waals surface area contributed by atoms with E-state index in [0.717, 1.165) is 36.9 Å². The van der Waals surface area contributed by atoms with Crippen molar-refractivity contribution in [3.63, 3.8) is 0 Å². The summed E-state index contributed by atoms with van der Waals surface area (Å²) in [7, 11) is 0. The van der Waals surface area contributed by atoms with Gasteiger partial charge in [0, 0.05) is 24.4 Å². The van der Waals surface area contributed by atoms with Gasteiger partial charge in [-0.3, -0.25) is 10.1 Å². The van der Waals surface area contributed by atoms with Crippen molar-refractivity contribution in [3.05, 3.63) is 33.9 Å². The van der Waals surface area contributed by atoms with E-state index in [9.17, 15) is 15.2 Å². The fourth-order valence-corrected chi connectivity index (χ4v) is 2.97. The number of hydrogen-bond acceptors (Lipinski definition) is 4. The zero-order chi connectivity index (χ0) is 14.8. The second-order valence-corrected chi connectivity index (χ2v) is 6.04. The molecule has 1 fully saturated rings. The number of nitrogens with zero attached hydrogens (tertiary/aromatic N) is 1. The van der Waals surface area contributed by atoms with Gasteiger partial charge < -0.3 is 10.4 Å². The molecule has 1 aliphatic carbocycles. The van der Waals surface area contributed by atoms with Crippen molar-refractivity contribution in [3.8, 4) is 0 Å². The number of nitro benzene ring substituents is 1. The van der Waals surface area contributed by atoms with Crippen LogP contribution in [0.3, 0.4) is 0 Å². The number of aliphatic hydroxyl groups is 1. The van der Waals surface area contributed by atoms with Gasteiger partial charge in [-0.1, -0.05) is 25.8 Å². The maximum atomic E-state index is 10.8. The van der Waals surface area contributed by atoms with Crippen molar-refractivity contribution in [1.82, 2.24) is 0 Å². The first-order chi connectivity index (χ1) is 9.39. The first-order valence-corrected chi connectivity index (χ1v) is 7.11. The Morgan fingerprint density at radius 2 is 2.30 bits per heavy atom. The second-order valence-electron chi connectivity index (χ2n) is 6.04. The van der Waals surface area contributed by atoms with Crippen LogP contribution >= 0.6 is 0 Å². The summed E-state index contributed by atoms with van der Waals surface area (Å²) in [5.74, 6) is 0.529. The molecule has 1 aliphatic rings. The second kappa shape index (κ2) is 5.79.